The molecule has 2 aromatic carbocycles. The Hall–Kier alpha value is -3.08. The third kappa shape index (κ3) is 7.98. The molecule has 35 heavy (non-hydrogen) atoms. The van der Waals surface area contributed by atoms with Gasteiger partial charge in [-0.3, -0.25) is 13.9 Å². The van der Waals surface area contributed by atoms with Crippen molar-refractivity contribution in [2.75, 3.05) is 24.2 Å². The number of carbonyl (C=O) groups excluding carboxylic acids is 2. The zero-order chi connectivity index (χ0) is 26.4. The van der Waals surface area contributed by atoms with Crippen molar-refractivity contribution in [2.45, 2.75) is 45.5 Å². The molecule has 0 aliphatic carbocycles. The number of nitrogens with zero attached hydrogens (tertiary/aromatic N) is 2. The van der Waals surface area contributed by atoms with Gasteiger partial charge in [0.2, 0.25) is 21.8 Å². The summed E-state index contributed by atoms with van der Waals surface area (Å²) in [5.74, 6) is -0.730. The Bertz CT molecular complexity index is 1140. The Morgan fingerprint density at radius 3 is 2.26 bits per heavy atom. The molecule has 11 heteroatoms. The van der Waals surface area contributed by atoms with Gasteiger partial charge in [0, 0.05) is 26.6 Å². The summed E-state index contributed by atoms with van der Waals surface area (Å²) in [6.45, 7) is 3.50. The molecule has 1 atom stereocenters. The highest BCUT2D eigenvalue weighted by Gasteiger charge is 2.32. The minimum Gasteiger partial charge on any atom is -0.357 e. The van der Waals surface area contributed by atoms with Crippen LogP contribution >= 0.6 is 0 Å². The van der Waals surface area contributed by atoms with E-state index in [4.69, 9.17) is 0 Å². The van der Waals surface area contributed by atoms with E-state index in [9.17, 15) is 31.2 Å². The van der Waals surface area contributed by atoms with E-state index in [2.05, 4.69) is 5.32 Å². The lowest BCUT2D eigenvalue weighted by Crippen LogP contribution is -2.46. The second kappa shape index (κ2) is 11.6. The summed E-state index contributed by atoms with van der Waals surface area (Å²) in [7, 11) is -2.44. The van der Waals surface area contributed by atoms with E-state index in [0.717, 1.165) is 39.9 Å². The number of benzene rings is 2. The smallest absolute Gasteiger partial charge is 0.357 e. The second-order valence-electron chi connectivity index (χ2n) is 8.28. The van der Waals surface area contributed by atoms with Crippen molar-refractivity contribution in [2.24, 2.45) is 0 Å². The Balaban J connectivity index is 2.18. The maximum Gasteiger partial charge on any atom is 0.416 e. The van der Waals surface area contributed by atoms with Gasteiger partial charge < -0.3 is 10.2 Å². The van der Waals surface area contributed by atoms with Crippen molar-refractivity contribution in [1.29, 1.82) is 0 Å². The van der Waals surface area contributed by atoms with Crippen LogP contribution in [0.15, 0.2) is 48.5 Å². The molecular formula is C24H30F3N3O4S. The highest BCUT2D eigenvalue weighted by atomic mass is 32.2. The number of anilines is 1. The Labute approximate surface area is 204 Å². The largest absolute Gasteiger partial charge is 0.416 e. The van der Waals surface area contributed by atoms with Crippen LogP contribution in [-0.2, 0) is 32.3 Å². The summed E-state index contributed by atoms with van der Waals surface area (Å²) >= 11 is 0. The molecule has 0 aromatic heterocycles. The van der Waals surface area contributed by atoms with E-state index in [-0.39, 0.29) is 43.4 Å². The Morgan fingerprint density at radius 1 is 1.09 bits per heavy atom. The quantitative estimate of drug-likeness (QED) is 0.525. The molecule has 192 valence electrons. The molecule has 0 spiro atoms. The zero-order valence-corrected chi connectivity index (χ0v) is 20.9. The van der Waals surface area contributed by atoms with Crippen molar-refractivity contribution >= 4 is 27.5 Å². The molecule has 2 amide bonds. The van der Waals surface area contributed by atoms with Gasteiger partial charge in [-0.2, -0.15) is 13.2 Å². The van der Waals surface area contributed by atoms with Crippen LogP contribution in [0, 0.1) is 6.92 Å². The first kappa shape index (κ1) is 28.2. The van der Waals surface area contributed by atoms with Crippen molar-refractivity contribution in [3.63, 3.8) is 0 Å². The number of nitrogens with one attached hydrogen (secondary N) is 1. The molecule has 0 heterocycles. The monoisotopic (exact) mass is 513 g/mol. The fourth-order valence-electron chi connectivity index (χ4n) is 3.52. The SMILES string of the molecule is CNC(=O)[C@@H](C)N(Cc1ccc(C)cc1)C(=O)CCCN(c1cccc(C(F)(F)F)c1)S(C)(=O)=O. The number of likely N-dealkylation sites (N-methyl/N-ethyl adjacent to an activating group) is 1. The molecule has 0 bridgehead atoms. The van der Waals surface area contributed by atoms with E-state index in [1.165, 1.54) is 18.0 Å². The topological polar surface area (TPSA) is 86.8 Å². The first-order valence-electron chi connectivity index (χ1n) is 11.0. The normalized spacial score (nSPS) is 12.7. The molecule has 2 aromatic rings. The summed E-state index contributed by atoms with van der Waals surface area (Å²) in [5.41, 5.74) is 0.760. The highest BCUT2D eigenvalue weighted by Crippen LogP contribution is 2.32. The number of aryl methyl sites for hydroxylation is 1. The zero-order valence-electron chi connectivity index (χ0n) is 20.1. The van der Waals surface area contributed by atoms with Gasteiger partial charge in [0.15, 0.2) is 0 Å². The van der Waals surface area contributed by atoms with Gasteiger partial charge in [0.25, 0.3) is 0 Å². The summed E-state index contributed by atoms with van der Waals surface area (Å²) < 4.78 is 64.7. The van der Waals surface area contributed by atoms with Crippen LogP contribution in [0.1, 0.15) is 36.5 Å². The van der Waals surface area contributed by atoms with Gasteiger partial charge in [-0.15, -0.1) is 0 Å². The number of alkyl halides is 3. The molecule has 1 N–H and O–H groups in total. The van der Waals surface area contributed by atoms with E-state index < -0.39 is 27.8 Å². The molecule has 7 nitrogen and oxygen atoms in total. The minimum absolute atomic E-state index is 0.0486. The van der Waals surface area contributed by atoms with E-state index in [1.54, 1.807) is 6.92 Å². The van der Waals surface area contributed by atoms with E-state index >= 15 is 0 Å². The summed E-state index contributed by atoms with van der Waals surface area (Å²) in [6, 6.07) is 10.7. The van der Waals surface area contributed by atoms with Crippen LogP contribution in [0.5, 0.6) is 0 Å². The number of rotatable bonds is 10. The van der Waals surface area contributed by atoms with E-state index in [1.807, 2.05) is 31.2 Å². The molecule has 2 rings (SSSR count). The number of halogens is 3. The van der Waals surface area contributed by atoms with Gasteiger partial charge in [-0.1, -0.05) is 35.9 Å². The van der Waals surface area contributed by atoms with Crippen LogP contribution in [-0.4, -0.2) is 51.0 Å². The third-order valence-corrected chi connectivity index (χ3v) is 6.69. The fraction of sp³-hybridized carbons (Fsp3) is 0.417. The van der Waals surface area contributed by atoms with Crippen LogP contribution in [0.4, 0.5) is 18.9 Å². The number of amides is 2. The highest BCUT2D eigenvalue weighted by molar-refractivity contribution is 7.92. The minimum atomic E-state index is -4.62. The lowest BCUT2D eigenvalue weighted by molar-refractivity contribution is -0.140. The molecule has 0 fully saturated rings. The van der Waals surface area contributed by atoms with Crippen molar-refractivity contribution in [3.8, 4) is 0 Å². The van der Waals surface area contributed by atoms with Crippen LogP contribution in [0.25, 0.3) is 0 Å². The predicted octanol–water partition coefficient (Wildman–Crippen LogP) is 3.72. The predicted molar refractivity (Wildman–Crippen MR) is 128 cm³/mol. The Kier molecular flexibility index (Phi) is 9.31. The van der Waals surface area contributed by atoms with Crippen LogP contribution in [0.3, 0.4) is 0 Å². The first-order chi connectivity index (χ1) is 16.2. The summed E-state index contributed by atoms with van der Waals surface area (Å²) in [6.07, 6.45) is -3.78. The summed E-state index contributed by atoms with van der Waals surface area (Å²) in [4.78, 5) is 26.7. The van der Waals surface area contributed by atoms with Crippen LogP contribution < -0.4 is 9.62 Å². The molecule has 0 aliphatic rings. The number of hydrogen-bond donors (Lipinski definition) is 1. The molecule has 0 unspecified atom stereocenters. The number of carbonyl (C=O) groups is 2. The number of hydrogen-bond acceptors (Lipinski definition) is 4. The molecule has 0 aliphatic heterocycles. The standard InChI is InChI=1S/C24H30F3N3O4S/c1-17-10-12-19(13-11-17)16-29(18(2)23(32)28-3)22(31)9-6-14-30(35(4,33)34)21-8-5-7-20(15-21)24(25,26)27/h5,7-8,10-13,15,18H,6,9,14,16H2,1-4H3,(H,28,32)/t18-/m1/s1. The van der Waals surface area contributed by atoms with Gasteiger partial charge in [0.1, 0.15) is 6.04 Å². The third-order valence-electron chi connectivity index (χ3n) is 5.50. The molecule has 0 radical (unpaired) electrons. The van der Waals surface area contributed by atoms with Crippen molar-refractivity contribution in [3.05, 3.63) is 65.2 Å². The van der Waals surface area contributed by atoms with Crippen molar-refractivity contribution < 1.29 is 31.2 Å². The lowest BCUT2D eigenvalue weighted by atomic mass is 10.1. The average Bonchev–Trinajstić information content (AvgIpc) is 2.79. The molecular weight excluding hydrogens is 483 g/mol. The molecule has 0 saturated heterocycles. The second-order valence-corrected chi connectivity index (χ2v) is 10.2. The maximum absolute atomic E-state index is 13.1. The van der Waals surface area contributed by atoms with Crippen LogP contribution in [0.2, 0.25) is 0 Å². The van der Waals surface area contributed by atoms with Gasteiger partial charge in [-0.05, 0) is 44.0 Å². The first-order valence-corrected chi connectivity index (χ1v) is 12.8. The van der Waals surface area contributed by atoms with Gasteiger partial charge in [0.05, 0.1) is 17.5 Å². The number of sulfonamides is 1. The Morgan fingerprint density at radius 2 is 1.71 bits per heavy atom. The molecule has 0 saturated carbocycles. The summed E-state index contributed by atoms with van der Waals surface area (Å²) in [5, 5.41) is 2.52. The fourth-order valence-corrected chi connectivity index (χ4v) is 4.48. The average molecular weight is 514 g/mol. The van der Waals surface area contributed by atoms with Gasteiger partial charge in [-0.25, -0.2) is 8.42 Å². The van der Waals surface area contributed by atoms with E-state index in [0.29, 0.717) is 0 Å². The van der Waals surface area contributed by atoms with Gasteiger partial charge >= 0.3 is 6.18 Å². The lowest BCUT2D eigenvalue weighted by Gasteiger charge is -2.29. The maximum atomic E-state index is 13.1. The van der Waals surface area contributed by atoms with Crippen molar-refractivity contribution in [1.82, 2.24) is 10.2 Å².